The van der Waals surface area contributed by atoms with Crippen LogP contribution in [0.3, 0.4) is 0 Å². The average molecular weight is 580 g/mol. The third-order valence-corrected chi connectivity index (χ3v) is 7.70. The molecule has 3 N–H and O–H groups in total. The maximum Gasteiger partial charge on any atom is 0.416 e. The maximum absolute atomic E-state index is 13.7. The van der Waals surface area contributed by atoms with Crippen LogP contribution in [0.25, 0.3) is 0 Å². The zero-order valence-corrected chi connectivity index (χ0v) is 22.4. The molecule has 2 aromatic carbocycles. The Morgan fingerprint density at radius 1 is 1.03 bits per heavy atom. The van der Waals surface area contributed by atoms with E-state index < -0.39 is 57.2 Å². The maximum atomic E-state index is 13.7. The molecular weight excluding hydrogens is 548 g/mol. The first kappa shape index (κ1) is 30.9. The summed E-state index contributed by atoms with van der Waals surface area (Å²) in [7, 11) is -5.03. The lowest BCUT2D eigenvalue weighted by atomic mass is 9.86. The Morgan fingerprint density at radius 2 is 1.72 bits per heavy atom. The number of carbonyl (C=O) groups excluding carboxylic acids is 1. The Balaban J connectivity index is 1.73. The van der Waals surface area contributed by atoms with Crippen LogP contribution in [-0.4, -0.2) is 32.1 Å². The molecule has 0 saturated carbocycles. The Hall–Kier alpha value is -2.64. The van der Waals surface area contributed by atoms with Crippen LogP contribution in [-0.2, 0) is 34.0 Å². The number of rotatable bonds is 8. The van der Waals surface area contributed by atoms with Crippen molar-refractivity contribution in [3.05, 3.63) is 64.7 Å². The van der Waals surface area contributed by atoms with E-state index in [0.29, 0.717) is 25.5 Å². The predicted molar refractivity (Wildman–Crippen MR) is 133 cm³/mol. The van der Waals surface area contributed by atoms with Gasteiger partial charge >= 0.3 is 12.4 Å². The first-order valence-corrected chi connectivity index (χ1v) is 13.8. The molecule has 1 aliphatic carbocycles. The molecule has 0 aliphatic heterocycles. The highest BCUT2D eigenvalue weighted by Crippen LogP contribution is 2.33. The van der Waals surface area contributed by atoms with Crippen LogP contribution in [0.15, 0.2) is 47.4 Å². The summed E-state index contributed by atoms with van der Waals surface area (Å²) in [6.45, 7) is 6.72. The van der Waals surface area contributed by atoms with Gasteiger partial charge in [0.25, 0.3) is 0 Å². The van der Waals surface area contributed by atoms with Crippen LogP contribution in [0.2, 0.25) is 0 Å². The highest BCUT2D eigenvalue weighted by Gasteiger charge is 2.44. The lowest BCUT2D eigenvalue weighted by Gasteiger charge is -2.28. The number of carbonyl (C=O) groups is 1. The molecule has 2 atom stereocenters. The Labute approximate surface area is 223 Å². The molecule has 0 radical (unpaired) electrons. The molecule has 13 heteroatoms. The summed E-state index contributed by atoms with van der Waals surface area (Å²) in [5.74, 6) is -1.04. The van der Waals surface area contributed by atoms with Gasteiger partial charge < -0.3 is 10.6 Å². The van der Waals surface area contributed by atoms with Crippen LogP contribution < -0.4 is 15.4 Å². The van der Waals surface area contributed by atoms with Crippen molar-refractivity contribution in [3.63, 3.8) is 0 Å². The van der Waals surface area contributed by atoms with Crippen molar-refractivity contribution in [2.45, 2.75) is 87.9 Å². The molecule has 0 saturated heterocycles. The van der Waals surface area contributed by atoms with E-state index in [9.17, 15) is 39.6 Å². The molecule has 0 aromatic heterocycles. The van der Waals surface area contributed by atoms with Gasteiger partial charge in [-0.25, -0.2) is 8.42 Å². The molecule has 6 nitrogen and oxygen atoms in total. The first-order chi connectivity index (χ1) is 17.8. The smallest absolute Gasteiger partial charge is 0.349 e. The summed E-state index contributed by atoms with van der Waals surface area (Å²) in [5, 5.41) is 5.95. The van der Waals surface area contributed by atoms with E-state index in [2.05, 4.69) is 10.6 Å². The minimum Gasteiger partial charge on any atom is -0.349 e. The second-order valence-corrected chi connectivity index (χ2v) is 12.3. The molecule has 0 bridgehead atoms. The molecule has 1 aliphatic rings. The van der Waals surface area contributed by atoms with Crippen LogP contribution in [0.1, 0.15) is 68.3 Å². The minimum atomic E-state index is -5.18. The quantitative estimate of drug-likeness (QED) is 0.367. The number of halogens is 6. The van der Waals surface area contributed by atoms with E-state index in [1.807, 2.05) is 39.0 Å². The number of hydrogen-bond donors (Lipinski definition) is 3. The topological polar surface area (TPSA) is 87.3 Å². The zero-order valence-electron chi connectivity index (χ0n) is 21.6. The summed E-state index contributed by atoms with van der Waals surface area (Å²) in [4.78, 5) is 11.7. The Morgan fingerprint density at radius 3 is 2.33 bits per heavy atom. The predicted octanol–water partition coefficient (Wildman–Crippen LogP) is 5.39. The molecular formula is C26H31F6N3O3S. The van der Waals surface area contributed by atoms with Gasteiger partial charge in [0.15, 0.2) is 0 Å². The van der Waals surface area contributed by atoms with Crippen molar-refractivity contribution in [3.8, 4) is 0 Å². The van der Waals surface area contributed by atoms with Crippen LogP contribution >= 0.6 is 0 Å². The minimum absolute atomic E-state index is 0.0932. The number of nitrogens with one attached hydrogen (secondary N) is 3. The van der Waals surface area contributed by atoms with Gasteiger partial charge in [0.05, 0.1) is 22.9 Å². The van der Waals surface area contributed by atoms with Gasteiger partial charge in [-0.05, 0) is 74.9 Å². The number of alkyl halides is 6. The lowest BCUT2D eigenvalue weighted by molar-refractivity contribution is -0.158. The van der Waals surface area contributed by atoms with Gasteiger partial charge in [-0.3, -0.25) is 4.79 Å². The number of benzene rings is 2. The van der Waals surface area contributed by atoms with Crippen molar-refractivity contribution in [2.24, 2.45) is 0 Å². The van der Waals surface area contributed by atoms with Crippen LogP contribution in [0, 0.1) is 0 Å². The summed E-state index contributed by atoms with van der Waals surface area (Å²) in [5.41, 5.74) is 1.35. The average Bonchev–Trinajstić information content (AvgIpc) is 2.81. The number of hydrogen-bond acceptors (Lipinski definition) is 4. The van der Waals surface area contributed by atoms with Crippen molar-refractivity contribution in [1.82, 2.24) is 15.4 Å². The highest BCUT2D eigenvalue weighted by atomic mass is 32.2. The largest absolute Gasteiger partial charge is 0.416 e. The van der Waals surface area contributed by atoms with Crippen molar-refractivity contribution in [1.29, 1.82) is 0 Å². The summed E-state index contributed by atoms with van der Waals surface area (Å²) >= 11 is 0. The number of sulfonamides is 1. The zero-order chi connectivity index (χ0) is 29.2. The molecule has 216 valence electrons. The third kappa shape index (κ3) is 8.67. The van der Waals surface area contributed by atoms with Crippen molar-refractivity contribution in [2.75, 3.05) is 0 Å². The lowest BCUT2D eigenvalue weighted by Crippen LogP contribution is -2.48. The van der Waals surface area contributed by atoms with Gasteiger partial charge in [0.2, 0.25) is 15.9 Å². The molecule has 0 spiro atoms. The third-order valence-electron chi connectivity index (χ3n) is 6.23. The summed E-state index contributed by atoms with van der Waals surface area (Å²) in [6.07, 6.45) is -9.42. The molecule has 39 heavy (non-hydrogen) atoms. The Bertz CT molecular complexity index is 1290. The van der Waals surface area contributed by atoms with Crippen molar-refractivity contribution < 1.29 is 39.6 Å². The molecule has 0 heterocycles. The number of amides is 1. The van der Waals surface area contributed by atoms with E-state index >= 15 is 0 Å². The summed E-state index contributed by atoms with van der Waals surface area (Å²) < 4.78 is 106. The van der Waals surface area contributed by atoms with Crippen molar-refractivity contribution >= 4 is 15.9 Å². The standard InChI is InChI=1S/C26H31F6N3O3S/c1-24(2,3)33-15-16-10-11-20-17(12-16)6-4-9-21(20)34-23(36)14-22(26(30,31)32)35-39(37,38)19-8-5-7-18(13-19)25(27,28)29/h5,7-8,10-13,21-22,33,35H,4,6,9,14-15H2,1-3H3,(H,34,36)/t21-,22-/m1/s1. The SMILES string of the molecule is CC(C)(C)NCc1ccc2c(c1)CCC[C@H]2NC(=O)C[C@@H](NS(=O)(=O)c1cccc(C(F)(F)F)c1)C(F)(F)F. The fourth-order valence-electron chi connectivity index (χ4n) is 4.25. The van der Waals surface area contributed by atoms with Gasteiger partial charge in [-0.1, -0.05) is 24.3 Å². The van der Waals surface area contributed by atoms with Gasteiger partial charge in [-0.2, -0.15) is 31.1 Å². The fraction of sp³-hybridized carbons (Fsp3) is 0.500. The van der Waals surface area contributed by atoms with Gasteiger partial charge in [0.1, 0.15) is 6.04 Å². The fourth-order valence-corrected chi connectivity index (χ4v) is 5.52. The molecule has 1 amide bonds. The van der Waals surface area contributed by atoms with E-state index in [-0.39, 0.29) is 11.6 Å². The van der Waals surface area contributed by atoms with E-state index in [4.69, 9.17) is 0 Å². The number of aryl methyl sites for hydroxylation is 1. The van der Waals surface area contributed by atoms with Crippen LogP contribution in [0.4, 0.5) is 26.3 Å². The van der Waals surface area contributed by atoms with E-state index in [0.717, 1.165) is 35.2 Å². The van der Waals surface area contributed by atoms with E-state index in [1.54, 1.807) is 0 Å². The highest BCUT2D eigenvalue weighted by molar-refractivity contribution is 7.89. The first-order valence-electron chi connectivity index (χ1n) is 12.3. The Kier molecular flexibility index (Phi) is 9.08. The molecule has 2 aromatic rings. The molecule has 0 fully saturated rings. The monoisotopic (exact) mass is 579 g/mol. The number of fused-ring (bicyclic) bond motifs is 1. The second-order valence-electron chi connectivity index (χ2n) is 10.6. The second kappa shape index (κ2) is 11.5. The van der Waals surface area contributed by atoms with E-state index in [1.165, 1.54) is 4.72 Å². The van der Waals surface area contributed by atoms with Gasteiger partial charge in [0, 0.05) is 12.1 Å². The van der Waals surface area contributed by atoms with Gasteiger partial charge in [-0.15, -0.1) is 0 Å². The molecule has 0 unspecified atom stereocenters. The molecule has 3 rings (SSSR count). The normalized spacial score (nSPS) is 17.4. The van der Waals surface area contributed by atoms with Crippen LogP contribution in [0.5, 0.6) is 0 Å². The summed E-state index contributed by atoms with van der Waals surface area (Å²) in [6, 6.07) is 4.66.